The largest absolute Gasteiger partial charge is 0.479 e. The second kappa shape index (κ2) is 3.89. The molecule has 0 unspecified atom stereocenters. The Balaban J connectivity index is 1.91. The monoisotopic (exact) mass is 274 g/mol. The summed E-state index contributed by atoms with van der Waals surface area (Å²) < 4.78 is 28.2. The Morgan fingerprint density at radius 2 is 1.42 bits per heavy atom. The maximum absolute atomic E-state index is 11.3. The van der Waals surface area contributed by atoms with Gasteiger partial charge in [0, 0.05) is 0 Å². The molecule has 0 amide bonds. The maximum Gasteiger partial charge on any atom is 0.335 e. The van der Waals surface area contributed by atoms with Crippen LogP contribution in [0.2, 0.25) is 0 Å². The molecule has 3 saturated heterocycles. The van der Waals surface area contributed by atoms with Gasteiger partial charge in [0.25, 0.3) is 0 Å². The standard InChI is InChI=1S/C12H18O7/c1-11(2)16-5-6(17-11)8-10(15-7(5)9(13)14)19-12(3,4)18-8/h5-8,10H,1-4H3,(H,13,14)/t5-,6+,7-,8-,10+/m1/s1. The number of fused-ring (bicyclic) bond motifs is 3. The van der Waals surface area contributed by atoms with Gasteiger partial charge in [-0.1, -0.05) is 0 Å². The highest BCUT2D eigenvalue weighted by Gasteiger charge is 2.62. The van der Waals surface area contributed by atoms with Crippen LogP contribution < -0.4 is 0 Å². The van der Waals surface area contributed by atoms with Crippen molar-refractivity contribution < 1.29 is 33.6 Å². The number of carbonyl (C=O) groups is 1. The van der Waals surface area contributed by atoms with Gasteiger partial charge in [0.05, 0.1) is 0 Å². The smallest absolute Gasteiger partial charge is 0.335 e. The summed E-state index contributed by atoms with van der Waals surface area (Å²) in [6.45, 7) is 6.97. The SMILES string of the molecule is CC1(C)O[C@H]2[C@@H](O1)[C@H](C(=O)O)O[C@H]1OC(C)(C)O[C@@H]12. The molecule has 0 aliphatic carbocycles. The van der Waals surface area contributed by atoms with Crippen molar-refractivity contribution in [3.63, 3.8) is 0 Å². The first kappa shape index (κ1) is 13.3. The van der Waals surface area contributed by atoms with E-state index in [4.69, 9.17) is 23.7 Å². The van der Waals surface area contributed by atoms with Crippen LogP contribution in [0.4, 0.5) is 0 Å². The van der Waals surface area contributed by atoms with E-state index in [-0.39, 0.29) is 0 Å². The van der Waals surface area contributed by atoms with Crippen molar-refractivity contribution in [3.8, 4) is 0 Å². The van der Waals surface area contributed by atoms with Crippen LogP contribution in [0.25, 0.3) is 0 Å². The molecular formula is C12H18O7. The fourth-order valence-corrected chi connectivity index (χ4v) is 2.81. The molecule has 0 aromatic rings. The van der Waals surface area contributed by atoms with Crippen molar-refractivity contribution >= 4 is 5.97 Å². The molecule has 1 N–H and O–H groups in total. The van der Waals surface area contributed by atoms with E-state index < -0.39 is 48.2 Å². The zero-order valence-corrected chi connectivity index (χ0v) is 11.3. The summed E-state index contributed by atoms with van der Waals surface area (Å²) in [6, 6.07) is 0. The van der Waals surface area contributed by atoms with Crippen LogP contribution in [-0.2, 0) is 28.5 Å². The minimum Gasteiger partial charge on any atom is -0.479 e. The Bertz CT molecular complexity index is 405. The highest BCUT2D eigenvalue weighted by atomic mass is 16.9. The minimum atomic E-state index is -1.12. The number of carboxylic acid groups (broad SMARTS) is 1. The van der Waals surface area contributed by atoms with Crippen molar-refractivity contribution in [3.05, 3.63) is 0 Å². The summed E-state index contributed by atoms with van der Waals surface area (Å²) in [5.41, 5.74) is 0. The van der Waals surface area contributed by atoms with E-state index in [1.165, 1.54) is 0 Å². The van der Waals surface area contributed by atoms with Gasteiger partial charge in [-0.15, -0.1) is 0 Å². The minimum absolute atomic E-state index is 0.489. The summed E-state index contributed by atoms with van der Waals surface area (Å²) in [5.74, 6) is -2.79. The molecule has 5 atom stereocenters. The highest BCUT2D eigenvalue weighted by molar-refractivity contribution is 5.73. The lowest BCUT2D eigenvalue weighted by Crippen LogP contribution is -2.57. The number of aliphatic carboxylic acids is 1. The molecule has 0 bridgehead atoms. The molecule has 3 fully saturated rings. The van der Waals surface area contributed by atoms with Crippen LogP contribution in [0.3, 0.4) is 0 Å². The molecular weight excluding hydrogens is 256 g/mol. The molecule has 0 spiro atoms. The number of ether oxygens (including phenoxy) is 5. The number of hydrogen-bond acceptors (Lipinski definition) is 6. The second-order valence-corrected chi connectivity index (χ2v) is 5.93. The zero-order chi connectivity index (χ0) is 14.0. The lowest BCUT2D eigenvalue weighted by molar-refractivity contribution is -0.237. The second-order valence-electron chi connectivity index (χ2n) is 5.93. The Kier molecular flexibility index (Phi) is 2.72. The normalized spacial score (nSPS) is 46.6. The van der Waals surface area contributed by atoms with Gasteiger partial charge in [0.2, 0.25) is 0 Å². The first-order valence-corrected chi connectivity index (χ1v) is 6.28. The van der Waals surface area contributed by atoms with Gasteiger partial charge < -0.3 is 28.8 Å². The first-order chi connectivity index (χ1) is 8.69. The summed E-state index contributed by atoms with van der Waals surface area (Å²) in [7, 11) is 0. The fraction of sp³-hybridized carbons (Fsp3) is 0.917. The van der Waals surface area contributed by atoms with Gasteiger partial charge in [0.15, 0.2) is 24.0 Å². The van der Waals surface area contributed by atoms with E-state index in [1.807, 2.05) is 0 Å². The molecule has 0 aromatic heterocycles. The average Bonchev–Trinajstić information content (AvgIpc) is 2.70. The predicted octanol–water partition coefficient (Wildman–Crippen LogP) is 0.467. The van der Waals surface area contributed by atoms with Crippen LogP contribution in [0.15, 0.2) is 0 Å². The Morgan fingerprint density at radius 1 is 0.895 bits per heavy atom. The van der Waals surface area contributed by atoms with E-state index in [0.717, 1.165) is 0 Å². The molecule has 108 valence electrons. The zero-order valence-electron chi connectivity index (χ0n) is 11.3. The molecule has 0 radical (unpaired) electrons. The molecule has 0 saturated carbocycles. The van der Waals surface area contributed by atoms with Gasteiger partial charge in [0.1, 0.15) is 18.3 Å². The third-order valence-electron chi connectivity index (χ3n) is 3.40. The quantitative estimate of drug-likeness (QED) is 0.744. The van der Waals surface area contributed by atoms with E-state index in [1.54, 1.807) is 27.7 Å². The molecule has 3 rings (SSSR count). The Labute approximate surface area is 110 Å². The van der Waals surface area contributed by atoms with Crippen LogP contribution in [0.5, 0.6) is 0 Å². The average molecular weight is 274 g/mol. The van der Waals surface area contributed by atoms with Crippen LogP contribution in [-0.4, -0.2) is 53.4 Å². The fourth-order valence-electron chi connectivity index (χ4n) is 2.81. The number of carboxylic acids is 1. The molecule has 3 aliphatic heterocycles. The molecule has 3 heterocycles. The van der Waals surface area contributed by atoms with E-state index >= 15 is 0 Å². The van der Waals surface area contributed by atoms with Gasteiger partial charge in [-0.05, 0) is 27.7 Å². The van der Waals surface area contributed by atoms with Gasteiger partial charge in [-0.2, -0.15) is 0 Å². The van der Waals surface area contributed by atoms with Gasteiger partial charge in [-0.25, -0.2) is 4.79 Å². The predicted molar refractivity (Wildman–Crippen MR) is 60.2 cm³/mol. The van der Waals surface area contributed by atoms with Gasteiger partial charge in [-0.3, -0.25) is 0 Å². The van der Waals surface area contributed by atoms with Crippen molar-refractivity contribution in [1.82, 2.24) is 0 Å². The van der Waals surface area contributed by atoms with Crippen molar-refractivity contribution in [2.24, 2.45) is 0 Å². The molecule has 0 aromatic carbocycles. The van der Waals surface area contributed by atoms with E-state index in [0.29, 0.717) is 0 Å². The van der Waals surface area contributed by atoms with Crippen molar-refractivity contribution in [2.75, 3.05) is 0 Å². The van der Waals surface area contributed by atoms with Crippen LogP contribution >= 0.6 is 0 Å². The maximum atomic E-state index is 11.3. The lowest BCUT2D eigenvalue weighted by atomic mass is 9.99. The molecule has 19 heavy (non-hydrogen) atoms. The van der Waals surface area contributed by atoms with E-state index in [2.05, 4.69) is 0 Å². The molecule has 3 aliphatic rings. The topological polar surface area (TPSA) is 83.5 Å². The third-order valence-corrected chi connectivity index (χ3v) is 3.40. The summed E-state index contributed by atoms with van der Waals surface area (Å²) >= 11 is 0. The highest BCUT2D eigenvalue weighted by Crippen LogP contribution is 2.43. The summed E-state index contributed by atoms with van der Waals surface area (Å²) in [6.07, 6.45) is -3.58. The van der Waals surface area contributed by atoms with Crippen LogP contribution in [0, 0.1) is 0 Å². The van der Waals surface area contributed by atoms with Crippen molar-refractivity contribution in [1.29, 1.82) is 0 Å². The summed E-state index contributed by atoms with van der Waals surface area (Å²) in [5, 5.41) is 9.25. The third kappa shape index (κ3) is 2.15. The Morgan fingerprint density at radius 3 is 2.05 bits per heavy atom. The number of rotatable bonds is 1. The Hall–Kier alpha value is -0.730. The van der Waals surface area contributed by atoms with Gasteiger partial charge >= 0.3 is 5.97 Å². The molecule has 7 nitrogen and oxygen atoms in total. The van der Waals surface area contributed by atoms with Crippen molar-refractivity contribution in [2.45, 2.75) is 70.0 Å². The van der Waals surface area contributed by atoms with E-state index in [9.17, 15) is 9.90 Å². The lowest BCUT2D eigenvalue weighted by Gasteiger charge is -2.35. The molecule has 7 heteroatoms. The summed E-state index contributed by atoms with van der Waals surface area (Å²) in [4.78, 5) is 11.3. The number of hydrogen-bond donors (Lipinski definition) is 1. The first-order valence-electron chi connectivity index (χ1n) is 6.28. The van der Waals surface area contributed by atoms with Crippen LogP contribution in [0.1, 0.15) is 27.7 Å².